The van der Waals surface area contributed by atoms with E-state index < -0.39 is 0 Å². The number of rotatable bonds is 30. The predicted octanol–water partition coefficient (Wildman–Crippen LogP) is 9.52. The minimum Gasteiger partial charge on any atom is -0.445 e. The normalized spacial score (nSPS) is 11.9. The molecule has 6 heteroatoms. The lowest BCUT2D eigenvalue weighted by Gasteiger charge is -2.22. The second-order valence-electron chi connectivity index (χ2n) is 12.4. The fourth-order valence-corrected chi connectivity index (χ4v) is 5.82. The third kappa shape index (κ3) is 21.3. The van der Waals surface area contributed by atoms with Gasteiger partial charge in [-0.3, -0.25) is 4.79 Å². The van der Waals surface area contributed by atoms with E-state index in [1.807, 2.05) is 18.2 Å². The Kier molecular flexibility index (Phi) is 26.0. The summed E-state index contributed by atoms with van der Waals surface area (Å²) in [4.78, 5) is 26.0. The van der Waals surface area contributed by atoms with Crippen molar-refractivity contribution in [3.63, 3.8) is 0 Å². The second kappa shape index (κ2) is 28.7. The molecular weight excluding hydrogens is 534 g/mol. The van der Waals surface area contributed by atoms with Gasteiger partial charge in [0.2, 0.25) is 6.41 Å². The number of benzene rings is 1. The van der Waals surface area contributed by atoms with Crippen molar-refractivity contribution in [2.24, 2.45) is 0 Å². The Morgan fingerprint density at radius 1 is 0.744 bits per heavy atom. The zero-order valence-electron chi connectivity index (χ0n) is 28.3. The van der Waals surface area contributed by atoms with Crippen LogP contribution < -0.4 is 10.6 Å². The molecule has 0 aromatic heterocycles. The number of carbonyl (C=O) groups is 2. The molecule has 1 aromatic carbocycles. The van der Waals surface area contributed by atoms with Crippen LogP contribution in [0, 0.1) is 0 Å². The van der Waals surface area contributed by atoms with Gasteiger partial charge in [0.1, 0.15) is 6.61 Å². The Hall–Kier alpha value is -2.08. The van der Waals surface area contributed by atoms with Crippen LogP contribution in [0.3, 0.4) is 0 Å². The molecule has 2 amide bonds. The number of ether oxygens (including phenoxy) is 1. The first-order valence-electron chi connectivity index (χ1n) is 18.0. The topological polar surface area (TPSA) is 70.7 Å². The van der Waals surface area contributed by atoms with Crippen molar-refractivity contribution in [3.8, 4) is 0 Å². The predicted molar refractivity (Wildman–Crippen MR) is 183 cm³/mol. The maximum Gasteiger partial charge on any atom is 0.407 e. The second-order valence-corrected chi connectivity index (χ2v) is 12.4. The van der Waals surface area contributed by atoms with Crippen molar-refractivity contribution in [1.29, 1.82) is 0 Å². The Morgan fingerprint density at radius 2 is 1.28 bits per heavy atom. The van der Waals surface area contributed by atoms with Gasteiger partial charge in [-0.1, -0.05) is 148 Å². The molecule has 1 unspecified atom stereocenters. The van der Waals surface area contributed by atoms with Crippen molar-refractivity contribution in [2.45, 2.75) is 155 Å². The van der Waals surface area contributed by atoms with Crippen molar-refractivity contribution in [1.82, 2.24) is 15.5 Å². The van der Waals surface area contributed by atoms with Crippen LogP contribution in [-0.2, 0) is 16.1 Å². The highest BCUT2D eigenvalue weighted by Gasteiger charge is 2.16. The van der Waals surface area contributed by atoms with E-state index in [1.165, 1.54) is 115 Å². The zero-order valence-corrected chi connectivity index (χ0v) is 28.3. The van der Waals surface area contributed by atoms with Gasteiger partial charge in [-0.15, -0.1) is 0 Å². The number of nitrogens with zero attached hydrogens (tertiary/aromatic N) is 1. The Balaban J connectivity index is 2.38. The van der Waals surface area contributed by atoms with E-state index in [2.05, 4.69) is 42.4 Å². The molecule has 0 spiro atoms. The van der Waals surface area contributed by atoms with Gasteiger partial charge >= 0.3 is 6.09 Å². The Bertz CT molecular complexity index is 780. The maximum absolute atomic E-state index is 12.5. The highest BCUT2D eigenvalue weighted by Crippen LogP contribution is 2.26. The molecule has 2 N–H and O–H groups in total. The Labute approximate surface area is 265 Å². The summed E-state index contributed by atoms with van der Waals surface area (Å²) in [7, 11) is 0. The summed E-state index contributed by atoms with van der Waals surface area (Å²) in [5.41, 5.74) is 2.19. The van der Waals surface area contributed by atoms with Gasteiger partial charge in [0.05, 0.1) is 0 Å². The van der Waals surface area contributed by atoms with Gasteiger partial charge in [-0.25, -0.2) is 4.79 Å². The van der Waals surface area contributed by atoms with E-state index in [0.717, 1.165) is 44.4 Å². The average molecular weight is 602 g/mol. The van der Waals surface area contributed by atoms with Gasteiger partial charge in [-0.05, 0) is 43.5 Å². The SMILES string of the molecule is CCCCCCCCCCCCCCCCC(CNC=O)c1ccccc1COC(=O)NCCN(CCCC)CCCC. The molecule has 248 valence electrons. The fourth-order valence-electron chi connectivity index (χ4n) is 5.82. The number of alkyl carbamates (subject to hydrolysis) is 1. The highest BCUT2D eigenvalue weighted by molar-refractivity contribution is 5.67. The van der Waals surface area contributed by atoms with Crippen LogP contribution >= 0.6 is 0 Å². The molecule has 43 heavy (non-hydrogen) atoms. The average Bonchev–Trinajstić information content (AvgIpc) is 3.02. The molecule has 0 bridgehead atoms. The first-order valence-corrected chi connectivity index (χ1v) is 18.0. The van der Waals surface area contributed by atoms with Crippen LogP contribution in [0.5, 0.6) is 0 Å². The number of amides is 2. The fraction of sp³-hybridized carbons (Fsp3) is 0.784. The van der Waals surface area contributed by atoms with E-state index >= 15 is 0 Å². The van der Waals surface area contributed by atoms with Crippen LogP contribution in [0.2, 0.25) is 0 Å². The van der Waals surface area contributed by atoms with Crippen LogP contribution in [0.1, 0.15) is 160 Å². The van der Waals surface area contributed by atoms with Crippen LogP contribution in [0.25, 0.3) is 0 Å². The largest absolute Gasteiger partial charge is 0.445 e. The standard InChI is InChI=1S/C37H67N3O3/c1-4-7-10-11-12-13-14-15-16-17-18-19-20-21-24-34(31-38-33-41)36-26-23-22-25-35(36)32-43-37(42)39-27-30-40(28-8-5-2)29-9-6-3/h22-23,25-26,33-34H,4-21,24,27-32H2,1-3H3,(H,38,41)(H,39,42). The van der Waals surface area contributed by atoms with Gasteiger partial charge in [0.15, 0.2) is 0 Å². The molecule has 0 saturated heterocycles. The summed E-state index contributed by atoms with van der Waals surface area (Å²) in [5, 5.41) is 5.84. The summed E-state index contributed by atoms with van der Waals surface area (Å²) in [6.07, 6.45) is 25.0. The molecule has 0 saturated carbocycles. The first-order chi connectivity index (χ1) is 21.2. The molecule has 1 aromatic rings. The minimum atomic E-state index is -0.365. The number of hydrogen-bond acceptors (Lipinski definition) is 4. The minimum absolute atomic E-state index is 0.219. The van der Waals surface area contributed by atoms with Gasteiger partial charge < -0.3 is 20.3 Å². The molecule has 1 atom stereocenters. The highest BCUT2D eigenvalue weighted by atomic mass is 16.5. The third-order valence-corrected chi connectivity index (χ3v) is 8.56. The lowest BCUT2D eigenvalue weighted by atomic mass is 9.89. The van der Waals surface area contributed by atoms with E-state index in [9.17, 15) is 9.59 Å². The van der Waals surface area contributed by atoms with Crippen molar-refractivity contribution < 1.29 is 14.3 Å². The van der Waals surface area contributed by atoms with Crippen molar-refractivity contribution >= 4 is 12.5 Å². The quantitative estimate of drug-likeness (QED) is 0.0680. The maximum atomic E-state index is 12.5. The number of nitrogens with one attached hydrogen (secondary N) is 2. The molecule has 0 aliphatic rings. The molecule has 0 radical (unpaired) electrons. The molecule has 0 fully saturated rings. The van der Waals surface area contributed by atoms with Crippen molar-refractivity contribution in [2.75, 3.05) is 32.7 Å². The Morgan fingerprint density at radius 3 is 1.84 bits per heavy atom. The lowest BCUT2D eigenvalue weighted by Crippen LogP contribution is -2.36. The molecule has 0 aliphatic carbocycles. The van der Waals surface area contributed by atoms with Gasteiger partial charge in [-0.2, -0.15) is 0 Å². The lowest BCUT2D eigenvalue weighted by molar-refractivity contribution is -0.109. The summed E-state index contributed by atoms with van der Waals surface area (Å²) in [5.74, 6) is 0.219. The molecule has 0 heterocycles. The number of hydrogen-bond donors (Lipinski definition) is 2. The third-order valence-electron chi connectivity index (χ3n) is 8.56. The monoisotopic (exact) mass is 602 g/mol. The summed E-state index contributed by atoms with van der Waals surface area (Å²) >= 11 is 0. The summed E-state index contributed by atoms with van der Waals surface area (Å²) < 4.78 is 5.64. The molecule has 6 nitrogen and oxygen atoms in total. The van der Waals surface area contributed by atoms with Crippen LogP contribution in [0.4, 0.5) is 4.79 Å². The van der Waals surface area contributed by atoms with E-state index in [-0.39, 0.29) is 18.6 Å². The van der Waals surface area contributed by atoms with E-state index in [1.54, 1.807) is 0 Å². The van der Waals surface area contributed by atoms with E-state index in [4.69, 9.17) is 4.74 Å². The zero-order chi connectivity index (χ0) is 31.2. The van der Waals surface area contributed by atoms with Crippen molar-refractivity contribution in [3.05, 3.63) is 35.4 Å². The number of unbranched alkanes of at least 4 members (excludes halogenated alkanes) is 15. The van der Waals surface area contributed by atoms with Crippen LogP contribution in [0.15, 0.2) is 24.3 Å². The van der Waals surface area contributed by atoms with Gasteiger partial charge in [0.25, 0.3) is 0 Å². The number of carbonyl (C=O) groups excluding carboxylic acids is 2. The first kappa shape index (κ1) is 38.9. The van der Waals surface area contributed by atoms with Crippen LogP contribution in [-0.4, -0.2) is 50.1 Å². The van der Waals surface area contributed by atoms with E-state index in [0.29, 0.717) is 13.1 Å². The molecular formula is C37H67N3O3. The summed E-state index contributed by atoms with van der Waals surface area (Å²) in [6.45, 7) is 11.2. The molecule has 1 rings (SSSR count). The smallest absolute Gasteiger partial charge is 0.407 e. The molecule has 0 aliphatic heterocycles. The summed E-state index contributed by atoms with van der Waals surface area (Å²) in [6, 6.07) is 8.20. The van der Waals surface area contributed by atoms with Gasteiger partial charge in [0, 0.05) is 25.6 Å².